The average molecular weight is 373 g/mol. The average Bonchev–Trinajstić information content (AvgIpc) is 2.71. The maximum atomic E-state index is 12.1. The van der Waals surface area contributed by atoms with Gasteiger partial charge >= 0.3 is 6.03 Å². The normalized spacial score (nSPS) is 10.2. The molecular weight excluding hydrogens is 350 g/mol. The molecule has 5 heteroatoms. The van der Waals surface area contributed by atoms with Gasteiger partial charge in [-0.1, -0.05) is 48.0 Å². The summed E-state index contributed by atoms with van der Waals surface area (Å²) in [7, 11) is 0. The summed E-state index contributed by atoms with van der Waals surface area (Å²) in [5.41, 5.74) is 4.38. The number of benzene rings is 3. The summed E-state index contributed by atoms with van der Waals surface area (Å²) in [4.78, 5) is 24.1. The van der Waals surface area contributed by atoms with Crippen molar-refractivity contribution in [2.45, 2.75) is 13.3 Å². The van der Waals surface area contributed by atoms with Gasteiger partial charge in [0.05, 0.1) is 0 Å². The van der Waals surface area contributed by atoms with E-state index < -0.39 is 0 Å². The molecular formula is C23H23N3O2. The molecule has 0 bridgehead atoms. The second-order valence-corrected chi connectivity index (χ2v) is 6.49. The van der Waals surface area contributed by atoms with Crippen LogP contribution < -0.4 is 16.0 Å². The monoisotopic (exact) mass is 373 g/mol. The van der Waals surface area contributed by atoms with Crippen molar-refractivity contribution in [1.29, 1.82) is 0 Å². The molecule has 0 aliphatic heterocycles. The number of para-hydroxylation sites is 1. The molecule has 2 amide bonds. The zero-order valence-electron chi connectivity index (χ0n) is 15.7. The van der Waals surface area contributed by atoms with Crippen molar-refractivity contribution in [2.75, 3.05) is 17.2 Å². The Morgan fingerprint density at radius 3 is 2.04 bits per heavy atom. The molecule has 0 saturated heterocycles. The lowest BCUT2D eigenvalue weighted by Gasteiger charge is -2.09. The number of Topliss-reactive ketones (excluding diaryl/α,β-unsaturated/α-hetero) is 1. The van der Waals surface area contributed by atoms with Gasteiger partial charge in [-0.25, -0.2) is 4.79 Å². The lowest BCUT2D eigenvalue weighted by atomic mass is 10.1. The largest absolute Gasteiger partial charge is 0.356 e. The number of rotatable bonds is 7. The Kier molecular flexibility index (Phi) is 6.41. The summed E-state index contributed by atoms with van der Waals surface area (Å²) >= 11 is 0. The van der Waals surface area contributed by atoms with Crippen LogP contribution in [0, 0.1) is 6.92 Å². The molecule has 3 aromatic rings. The van der Waals surface area contributed by atoms with Gasteiger partial charge in [0, 0.05) is 35.6 Å². The first-order valence-corrected chi connectivity index (χ1v) is 9.17. The van der Waals surface area contributed by atoms with Gasteiger partial charge in [0.2, 0.25) is 0 Å². The molecule has 0 saturated carbocycles. The molecule has 142 valence electrons. The number of anilines is 3. The van der Waals surface area contributed by atoms with Crippen molar-refractivity contribution in [3.63, 3.8) is 0 Å². The van der Waals surface area contributed by atoms with Crippen LogP contribution in [0.15, 0.2) is 78.9 Å². The highest BCUT2D eigenvalue weighted by Gasteiger charge is 2.07. The van der Waals surface area contributed by atoms with Crippen LogP contribution in [0.2, 0.25) is 0 Å². The van der Waals surface area contributed by atoms with Gasteiger partial charge < -0.3 is 16.0 Å². The number of hydrogen-bond donors (Lipinski definition) is 3. The fraction of sp³-hybridized carbons (Fsp3) is 0.130. The van der Waals surface area contributed by atoms with E-state index in [1.165, 1.54) is 0 Å². The fourth-order valence-corrected chi connectivity index (χ4v) is 2.67. The lowest BCUT2D eigenvalue weighted by Crippen LogP contribution is -2.30. The molecule has 0 aliphatic rings. The van der Waals surface area contributed by atoms with Gasteiger partial charge in [0.15, 0.2) is 5.78 Å². The number of carbonyl (C=O) groups excluding carboxylic acids is 2. The number of carbonyl (C=O) groups is 2. The maximum absolute atomic E-state index is 12.1. The first-order valence-electron chi connectivity index (χ1n) is 9.17. The van der Waals surface area contributed by atoms with Crippen LogP contribution in [0.5, 0.6) is 0 Å². The molecule has 28 heavy (non-hydrogen) atoms. The second kappa shape index (κ2) is 9.37. The summed E-state index contributed by atoms with van der Waals surface area (Å²) in [5, 5.41) is 8.76. The van der Waals surface area contributed by atoms with E-state index in [-0.39, 0.29) is 24.8 Å². The van der Waals surface area contributed by atoms with Crippen molar-refractivity contribution in [3.05, 3.63) is 90.0 Å². The highest BCUT2D eigenvalue weighted by Crippen LogP contribution is 2.18. The molecule has 0 radical (unpaired) electrons. The van der Waals surface area contributed by atoms with Crippen LogP contribution in [0.4, 0.5) is 21.9 Å². The first-order chi connectivity index (χ1) is 13.6. The van der Waals surface area contributed by atoms with Crippen molar-refractivity contribution in [3.8, 4) is 0 Å². The molecule has 0 fully saturated rings. The predicted molar refractivity (Wildman–Crippen MR) is 113 cm³/mol. The van der Waals surface area contributed by atoms with Gasteiger partial charge in [0.25, 0.3) is 0 Å². The first kappa shape index (κ1) is 19.2. The molecule has 0 heterocycles. The number of amides is 2. The number of nitrogens with one attached hydrogen (secondary N) is 3. The highest BCUT2D eigenvalue weighted by molar-refractivity contribution is 5.96. The lowest BCUT2D eigenvalue weighted by molar-refractivity contribution is 0.0983. The van der Waals surface area contributed by atoms with Gasteiger partial charge in [-0.3, -0.25) is 4.79 Å². The Hall–Kier alpha value is -3.60. The predicted octanol–water partition coefficient (Wildman–Crippen LogP) is 5.13. The zero-order valence-corrected chi connectivity index (χ0v) is 15.7. The molecule has 0 unspecified atom stereocenters. The SMILES string of the molecule is Cc1ccc(C(=O)CCNC(=O)Nc2ccc(Nc3ccccc3)cc2)cc1. The molecule has 3 aromatic carbocycles. The summed E-state index contributed by atoms with van der Waals surface area (Å²) in [6.45, 7) is 2.26. The molecule has 3 N–H and O–H groups in total. The number of aryl methyl sites for hydroxylation is 1. The Balaban J connectivity index is 1.43. The van der Waals surface area contributed by atoms with Crippen molar-refractivity contribution < 1.29 is 9.59 Å². The van der Waals surface area contributed by atoms with E-state index in [2.05, 4.69) is 16.0 Å². The number of ketones is 1. The second-order valence-electron chi connectivity index (χ2n) is 6.49. The van der Waals surface area contributed by atoms with Crippen LogP contribution in [0.25, 0.3) is 0 Å². The van der Waals surface area contributed by atoms with Crippen molar-refractivity contribution in [1.82, 2.24) is 5.32 Å². The summed E-state index contributed by atoms with van der Waals surface area (Å²) in [6.07, 6.45) is 0.260. The molecule has 0 atom stereocenters. The molecule has 0 aromatic heterocycles. The third-order valence-corrected chi connectivity index (χ3v) is 4.22. The smallest absolute Gasteiger partial charge is 0.319 e. The minimum absolute atomic E-state index is 0.0108. The van der Waals surface area contributed by atoms with Crippen LogP contribution in [-0.2, 0) is 0 Å². The van der Waals surface area contributed by atoms with E-state index in [1.54, 1.807) is 0 Å². The van der Waals surface area contributed by atoms with Crippen LogP contribution in [-0.4, -0.2) is 18.4 Å². The van der Waals surface area contributed by atoms with Crippen molar-refractivity contribution in [2.24, 2.45) is 0 Å². The van der Waals surface area contributed by atoms with Crippen LogP contribution in [0.3, 0.4) is 0 Å². The summed E-state index contributed by atoms with van der Waals surface area (Å²) in [5.74, 6) is 0.0108. The standard InChI is InChI=1S/C23H23N3O2/c1-17-7-9-18(10-8-17)22(27)15-16-24-23(28)26-21-13-11-20(12-14-21)25-19-5-3-2-4-6-19/h2-14,25H,15-16H2,1H3,(H2,24,26,28). The van der Waals surface area contributed by atoms with Crippen LogP contribution >= 0.6 is 0 Å². The molecule has 3 rings (SSSR count). The third kappa shape index (κ3) is 5.71. The summed E-state index contributed by atoms with van der Waals surface area (Å²) in [6, 6.07) is 24.4. The zero-order chi connectivity index (χ0) is 19.8. The van der Waals surface area contributed by atoms with E-state index >= 15 is 0 Å². The van der Waals surface area contributed by atoms with E-state index in [4.69, 9.17) is 0 Å². The van der Waals surface area contributed by atoms with E-state index in [0.29, 0.717) is 11.3 Å². The minimum atomic E-state index is -0.333. The molecule has 5 nitrogen and oxygen atoms in total. The minimum Gasteiger partial charge on any atom is -0.356 e. The Labute approximate surface area is 164 Å². The number of urea groups is 1. The van der Waals surface area contributed by atoms with Gasteiger partial charge in [-0.15, -0.1) is 0 Å². The molecule has 0 spiro atoms. The Bertz CT molecular complexity index is 920. The van der Waals surface area contributed by atoms with Gasteiger partial charge in [-0.2, -0.15) is 0 Å². The topological polar surface area (TPSA) is 70.2 Å². The highest BCUT2D eigenvalue weighted by atomic mass is 16.2. The number of hydrogen-bond acceptors (Lipinski definition) is 3. The van der Waals surface area contributed by atoms with E-state index in [0.717, 1.165) is 16.9 Å². The maximum Gasteiger partial charge on any atom is 0.319 e. The Morgan fingerprint density at radius 1 is 0.750 bits per heavy atom. The van der Waals surface area contributed by atoms with E-state index in [9.17, 15) is 9.59 Å². The Morgan fingerprint density at radius 2 is 1.36 bits per heavy atom. The third-order valence-electron chi connectivity index (χ3n) is 4.22. The summed E-state index contributed by atoms with van der Waals surface area (Å²) < 4.78 is 0. The quantitative estimate of drug-likeness (QED) is 0.503. The van der Waals surface area contributed by atoms with E-state index in [1.807, 2.05) is 85.8 Å². The van der Waals surface area contributed by atoms with Gasteiger partial charge in [0.1, 0.15) is 0 Å². The molecule has 0 aliphatic carbocycles. The van der Waals surface area contributed by atoms with Gasteiger partial charge in [-0.05, 0) is 43.3 Å². The van der Waals surface area contributed by atoms with Crippen molar-refractivity contribution >= 4 is 28.9 Å². The fourth-order valence-electron chi connectivity index (χ4n) is 2.67. The van der Waals surface area contributed by atoms with Crippen LogP contribution in [0.1, 0.15) is 22.3 Å².